The lowest BCUT2D eigenvalue weighted by molar-refractivity contribution is -0.115. The average Bonchev–Trinajstić information content (AvgIpc) is 2.64. The number of amides is 1. The Morgan fingerprint density at radius 2 is 1.56 bits per heavy atom. The molecule has 0 aliphatic carbocycles. The lowest BCUT2D eigenvalue weighted by Gasteiger charge is -2.11. The molecule has 0 bridgehead atoms. The fourth-order valence-corrected chi connectivity index (χ4v) is 1.99. The zero-order valence-corrected chi connectivity index (χ0v) is 14.6. The predicted octanol–water partition coefficient (Wildman–Crippen LogP) is 4.18. The Balaban J connectivity index is 1.89. The van der Waals surface area contributed by atoms with Crippen LogP contribution in [0.2, 0.25) is 0 Å². The number of anilines is 1. The van der Waals surface area contributed by atoms with Crippen LogP contribution in [0.15, 0.2) is 48.5 Å². The zero-order chi connectivity index (χ0) is 18.1. The third-order valence-electron chi connectivity index (χ3n) is 3.56. The summed E-state index contributed by atoms with van der Waals surface area (Å²) in [5, 5.41) is 11.7. The normalized spacial score (nSPS) is 10.6. The minimum Gasteiger partial charge on any atom is -0.494 e. The third-order valence-corrected chi connectivity index (χ3v) is 3.56. The van der Waals surface area contributed by atoms with Gasteiger partial charge in [-0.15, -0.1) is 0 Å². The van der Waals surface area contributed by atoms with Crippen molar-refractivity contribution in [1.29, 1.82) is 0 Å². The molecular formula is C20H24NO4. The van der Waals surface area contributed by atoms with Gasteiger partial charge in [0.25, 0.3) is 0 Å². The molecule has 2 rings (SSSR count). The Bertz CT molecular complexity index is 652. The molecule has 0 spiro atoms. The van der Waals surface area contributed by atoms with E-state index in [4.69, 9.17) is 14.6 Å². The van der Waals surface area contributed by atoms with Crippen LogP contribution in [0.25, 0.3) is 0 Å². The number of benzene rings is 2. The first-order valence-corrected chi connectivity index (χ1v) is 8.37. The molecule has 0 aliphatic rings. The van der Waals surface area contributed by atoms with Crippen molar-refractivity contribution < 1.29 is 19.4 Å². The summed E-state index contributed by atoms with van der Waals surface area (Å²) in [6.07, 6.45) is 2.14. The summed E-state index contributed by atoms with van der Waals surface area (Å²) in [6.45, 7) is 4.17. The number of aliphatic hydroxyl groups excluding tert-OH is 1. The van der Waals surface area contributed by atoms with Gasteiger partial charge >= 0.3 is 0 Å². The number of nitrogens with one attached hydrogen (secondary N) is 1. The second kappa shape index (κ2) is 9.69. The largest absolute Gasteiger partial charge is 0.494 e. The number of carbonyl (C=O) groups is 1. The summed E-state index contributed by atoms with van der Waals surface area (Å²) in [5.41, 5.74) is 0.643. The second-order valence-corrected chi connectivity index (χ2v) is 5.69. The average molecular weight is 342 g/mol. The van der Waals surface area contributed by atoms with Crippen LogP contribution in [-0.4, -0.2) is 24.2 Å². The standard InChI is InChI=1S/C20H24NO4/c1-3-4-13-24-17-9-11-19(12-10-17)25-18-7-5-16(6-8-18)21-20(23)15(2)14-22/h5-12,22H,3-4,13-14H2,1-2H3,(H,21,23). The smallest absolute Gasteiger partial charge is 0.233 e. The number of ether oxygens (including phenoxy) is 2. The quantitative estimate of drug-likeness (QED) is 0.671. The molecule has 2 N–H and O–H groups in total. The Labute approximate surface area is 148 Å². The van der Waals surface area contributed by atoms with E-state index in [-0.39, 0.29) is 12.5 Å². The van der Waals surface area contributed by atoms with Crippen molar-refractivity contribution in [2.45, 2.75) is 26.7 Å². The number of aliphatic hydroxyl groups is 1. The number of hydrogen-bond acceptors (Lipinski definition) is 4. The first-order chi connectivity index (χ1) is 12.1. The van der Waals surface area contributed by atoms with Crippen molar-refractivity contribution >= 4 is 11.6 Å². The number of rotatable bonds is 9. The molecular weight excluding hydrogens is 318 g/mol. The van der Waals surface area contributed by atoms with E-state index in [0.717, 1.165) is 25.2 Å². The van der Waals surface area contributed by atoms with Gasteiger partial charge in [-0.05, 0) is 61.9 Å². The molecule has 5 heteroatoms. The molecule has 0 aliphatic heterocycles. The van der Waals surface area contributed by atoms with Gasteiger partial charge in [0.1, 0.15) is 17.2 Å². The predicted molar refractivity (Wildman–Crippen MR) is 98.0 cm³/mol. The zero-order valence-electron chi connectivity index (χ0n) is 14.6. The molecule has 0 atom stereocenters. The van der Waals surface area contributed by atoms with Crippen molar-refractivity contribution in [1.82, 2.24) is 0 Å². The van der Waals surface area contributed by atoms with Gasteiger partial charge in [-0.1, -0.05) is 13.3 Å². The summed E-state index contributed by atoms with van der Waals surface area (Å²) < 4.78 is 11.4. The van der Waals surface area contributed by atoms with Crippen LogP contribution in [0.4, 0.5) is 5.69 Å². The molecule has 0 heterocycles. The van der Waals surface area contributed by atoms with Gasteiger partial charge in [0.2, 0.25) is 5.91 Å². The van der Waals surface area contributed by atoms with E-state index in [0.29, 0.717) is 23.1 Å². The highest BCUT2D eigenvalue weighted by atomic mass is 16.5. The summed E-state index contributed by atoms with van der Waals surface area (Å²) >= 11 is 0. The molecule has 1 amide bonds. The van der Waals surface area contributed by atoms with E-state index in [1.807, 2.05) is 24.3 Å². The summed E-state index contributed by atoms with van der Waals surface area (Å²) in [7, 11) is 0. The molecule has 0 unspecified atom stereocenters. The first-order valence-electron chi connectivity index (χ1n) is 8.37. The minimum atomic E-state index is -0.296. The lowest BCUT2D eigenvalue weighted by Crippen LogP contribution is -2.21. The fraction of sp³-hybridized carbons (Fsp3) is 0.300. The second-order valence-electron chi connectivity index (χ2n) is 5.69. The lowest BCUT2D eigenvalue weighted by atomic mass is 10.2. The molecule has 133 valence electrons. The van der Waals surface area contributed by atoms with E-state index in [1.54, 1.807) is 31.2 Å². The highest BCUT2D eigenvalue weighted by Crippen LogP contribution is 2.25. The minimum absolute atomic E-state index is 0.259. The maximum Gasteiger partial charge on any atom is 0.233 e. The number of unbranched alkanes of at least 4 members (excludes halogenated alkanes) is 1. The van der Waals surface area contributed by atoms with Gasteiger partial charge in [0.15, 0.2) is 0 Å². The SMILES string of the molecule is CCCCOc1ccc(Oc2ccc(NC(=O)[C](C)CO)cc2)cc1. The van der Waals surface area contributed by atoms with Crippen LogP contribution in [0.1, 0.15) is 26.7 Å². The van der Waals surface area contributed by atoms with Gasteiger partial charge in [0, 0.05) is 5.69 Å². The highest BCUT2D eigenvalue weighted by Gasteiger charge is 2.12. The molecule has 1 radical (unpaired) electrons. The van der Waals surface area contributed by atoms with Crippen LogP contribution < -0.4 is 14.8 Å². The van der Waals surface area contributed by atoms with E-state index in [1.165, 1.54) is 0 Å². The third kappa shape index (κ3) is 6.12. The van der Waals surface area contributed by atoms with Crippen molar-refractivity contribution in [3.8, 4) is 17.2 Å². The van der Waals surface area contributed by atoms with Gasteiger partial charge < -0.3 is 19.9 Å². The van der Waals surface area contributed by atoms with E-state index < -0.39 is 0 Å². The number of hydrogen-bond donors (Lipinski definition) is 2. The summed E-state index contributed by atoms with van der Waals surface area (Å²) in [6, 6.07) is 14.5. The molecule has 5 nitrogen and oxygen atoms in total. The van der Waals surface area contributed by atoms with Crippen molar-refractivity contribution in [3.05, 3.63) is 54.4 Å². The molecule has 2 aromatic rings. The van der Waals surface area contributed by atoms with E-state index in [2.05, 4.69) is 12.2 Å². The first kappa shape index (κ1) is 18.8. The molecule has 0 saturated heterocycles. The van der Waals surface area contributed by atoms with Crippen LogP contribution in [0, 0.1) is 5.92 Å². The van der Waals surface area contributed by atoms with Gasteiger partial charge in [-0.2, -0.15) is 0 Å². The monoisotopic (exact) mass is 342 g/mol. The fourth-order valence-electron chi connectivity index (χ4n) is 1.99. The van der Waals surface area contributed by atoms with Gasteiger partial charge in [-0.3, -0.25) is 4.79 Å². The molecule has 0 saturated carbocycles. The highest BCUT2D eigenvalue weighted by molar-refractivity contribution is 6.00. The van der Waals surface area contributed by atoms with E-state index >= 15 is 0 Å². The number of carbonyl (C=O) groups excluding carboxylic acids is 1. The molecule has 2 aromatic carbocycles. The van der Waals surface area contributed by atoms with Crippen molar-refractivity contribution in [2.75, 3.05) is 18.5 Å². The Kier molecular flexibility index (Phi) is 7.29. The molecule has 25 heavy (non-hydrogen) atoms. The maximum atomic E-state index is 11.7. The Morgan fingerprint density at radius 3 is 2.12 bits per heavy atom. The van der Waals surface area contributed by atoms with Crippen molar-refractivity contribution in [2.24, 2.45) is 0 Å². The van der Waals surface area contributed by atoms with Crippen molar-refractivity contribution in [3.63, 3.8) is 0 Å². The summed E-state index contributed by atoms with van der Waals surface area (Å²) in [5.74, 6) is 2.27. The van der Waals surface area contributed by atoms with E-state index in [9.17, 15) is 4.79 Å². The van der Waals surface area contributed by atoms with Gasteiger partial charge in [0.05, 0.1) is 19.1 Å². The van der Waals surface area contributed by atoms with Crippen LogP contribution in [0.3, 0.4) is 0 Å². The Morgan fingerprint density at radius 1 is 1.00 bits per heavy atom. The molecule has 0 fully saturated rings. The topological polar surface area (TPSA) is 67.8 Å². The Hall–Kier alpha value is -2.53. The molecule has 0 aromatic heterocycles. The van der Waals surface area contributed by atoms with Crippen LogP contribution >= 0.6 is 0 Å². The summed E-state index contributed by atoms with van der Waals surface area (Å²) in [4.78, 5) is 11.7. The maximum absolute atomic E-state index is 11.7. The van der Waals surface area contributed by atoms with Crippen LogP contribution in [-0.2, 0) is 4.79 Å². The van der Waals surface area contributed by atoms with Crippen LogP contribution in [0.5, 0.6) is 17.2 Å². The van der Waals surface area contributed by atoms with Gasteiger partial charge in [-0.25, -0.2) is 0 Å².